The number of esters is 1. The summed E-state index contributed by atoms with van der Waals surface area (Å²) < 4.78 is 18.3. The third-order valence-corrected chi connectivity index (χ3v) is 9.14. The quantitative estimate of drug-likeness (QED) is 0.177. The molecule has 0 aromatic carbocycles. The Morgan fingerprint density at radius 1 is 1.00 bits per heavy atom. The van der Waals surface area contributed by atoms with E-state index in [-0.39, 0.29) is 61.3 Å². The van der Waals surface area contributed by atoms with Gasteiger partial charge in [-0.2, -0.15) is 0 Å². The second-order valence-corrected chi connectivity index (χ2v) is 12.8. The van der Waals surface area contributed by atoms with Gasteiger partial charge in [-0.3, -0.25) is 14.4 Å². The molecule has 0 aromatic heterocycles. The van der Waals surface area contributed by atoms with Crippen molar-refractivity contribution in [2.45, 2.75) is 122 Å². The van der Waals surface area contributed by atoms with E-state index >= 15 is 0 Å². The fourth-order valence-electron chi connectivity index (χ4n) is 6.94. The highest BCUT2D eigenvalue weighted by atomic mass is 17.3. The molecule has 4 aliphatic heterocycles. The summed E-state index contributed by atoms with van der Waals surface area (Å²) in [5.74, 6) is -2.61. The fraction of sp³-hybridized carbons (Fsp3) is 0.862. The summed E-state index contributed by atoms with van der Waals surface area (Å²) in [5, 5.41) is 14.5. The second kappa shape index (κ2) is 12.9. The number of carboxylic acids is 1. The highest BCUT2D eigenvalue weighted by Crippen LogP contribution is 2.60. The van der Waals surface area contributed by atoms with Crippen molar-refractivity contribution < 1.29 is 48.3 Å². The number of nitrogens with one attached hydrogen (secondary N) is 2. The molecule has 1 aliphatic carbocycles. The van der Waals surface area contributed by atoms with Gasteiger partial charge in [-0.25, -0.2) is 14.6 Å². The van der Waals surface area contributed by atoms with Gasteiger partial charge in [0.2, 0.25) is 23.9 Å². The number of hydrogen-bond acceptors (Lipinski definition) is 9. The number of carbonyl (C=O) groups is 4. The molecule has 5 fully saturated rings. The Balaban J connectivity index is 1.21. The minimum Gasteiger partial charge on any atom is -0.480 e. The first-order valence-electron chi connectivity index (χ1n) is 15.0. The minimum atomic E-state index is -1.07. The van der Waals surface area contributed by atoms with Crippen LogP contribution >= 0.6 is 0 Å². The molecular weight excluding hydrogens is 536 g/mol. The largest absolute Gasteiger partial charge is 0.480 e. The molecule has 0 radical (unpaired) electrons. The van der Waals surface area contributed by atoms with Crippen molar-refractivity contribution in [1.29, 1.82) is 0 Å². The molecule has 5 rings (SSSR count). The molecule has 12 heteroatoms. The molecule has 4 heterocycles. The maximum atomic E-state index is 12.7. The number of rotatable bonds is 12. The number of hydrogen-bond donors (Lipinski definition) is 3. The first-order chi connectivity index (χ1) is 19.3. The normalized spacial score (nSPS) is 36.5. The van der Waals surface area contributed by atoms with Crippen LogP contribution in [0.1, 0.15) is 92.4 Å². The molecule has 2 bridgehead atoms. The van der Waals surface area contributed by atoms with E-state index < -0.39 is 41.9 Å². The average Bonchev–Trinajstić information content (AvgIpc) is 3.13. The molecule has 2 amide bonds. The van der Waals surface area contributed by atoms with Gasteiger partial charge in [-0.1, -0.05) is 27.7 Å². The molecule has 4 saturated heterocycles. The van der Waals surface area contributed by atoms with E-state index in [1.807, 2.05) is 27.7 Å². The highest BCUT2D eigenvalue weighted by Gasteiger charge is 2.69. The summed E-state index contributed by atoms with van der Waals surface area (Å²) in [6, 6.07) is -0.930. The van der Waals surface area contributed by atoms with Gasteiger partial charge in [-0.15, -0.1) is 0 Å². The number of amides is 2. The summed E-state index contributed by atoms with van der Waals surface area (Å²) >= 11 is 0. The lowest BCUT2D eigenvalue weighted by Gasteiger charge is -2.59. The fourth-order valence-corrected chi connectivity index (χ4v) is 6.94. The third kappa shape index (κ3) is 7.03. The van der Waals surface area contributed by atoms with Gasteiger partial charge in [0.15, 0.2) is 11.9 Å². The summed E-state index contributed by atoms with van der Waals surface area (Å²) in [5.41, 5.74) is -0.740. The predicted molar refractivity (Wildman–Crippen MR) is 143 cm³/mol. The van der Waals surface area contributed by atoms with E-state index in [0.717, 1.165) is 19.3 Å². The van der Waals surface area contributed by atoms with Crippen LogP contribution in [-0.4, -0.2) is 65.4 Å². The molecule has 41 heavy (non-hydrogen) atoms. The van der Waals surface area contributed by atoms with E-state index in [4.69, 9.17) is 24.0 Å². The zero-order valence-electron chi connectivity index (χ0n) is 24.8. The van der Waals surface area contributed by atoms with E-state index in [1.54, 1.807) is 0 Å². The van der Waals surface area contributed by atoms with Crippen molar-refractivity contribution in [3.05, 3.63) is 0 Å². The van der Waals surface area contributed by atoms with Crippen LogP contribution in [0.5, 0.6) is 0 Å². The van der Waals surface area contributed by atoms with Crippen molar-refractivity contribution in [1.82, 2.24) is 10.6 Å². The minimum absolute atomic E-state index is 0.0274. The molecule has 232 valence electrons. The standard InChI is InChI=1S/C29H46N2O10/c1-16(2)15-21(25(35)36)31-23(33)7-6-14-30-22(32)10-11-24(34)37-26-18(4)20-9-8-17(3)19-12-13-28(5)39-27(38-26)29(19,20)41-40-28/h16-21,26-27H,6-15H2,1-5H3,(H,30,32)(H,31,33)(H,35,36)/t17-,18-,19+,20+,21+,26-,27+,28-,29-/m1/s1. The Kier molecular flexibility index (Phi) is 9.98. The van der Waals surface area contributed by atoms with Gasteiger partial charge in [0.05, 0.1) is 6.42 Å². The molecule has 5 aliphatic rings. The van der Waals surface area contributed by atoms with Crippen molar-refractivity contribution in [2.75, 3.05) is 6.54 Å². The first-order valence-corrected chi connectivity index (χ1v) is 15.0. The molecule has 1 spiro atoms. The molecule has 0 aromatic rings. The molecule has 0 unspecified atom stereocenters. The number of ether oxygens (including phenoxy) is 3. The molecule has 12 nitrogen and oxygen atoms in total. The van der Waals surface area contributed by atoms with Gasteiger partial charge in [0, 0.05) is 37.6 Å². The lowest BCUT2D eigenvalue weighted by Crippen LogP contribution is -2.70. The maximum Gasteiger partial charge on any atom is 0.326 e. The van der Waals surface area contributed by atoms with Crippen LogP contribution in [0.25, 0.3) is 0 Å². The van der Waals surface area contributed by atoms with Gasteiger partial charge in [-0.05, 0) is 56.8 Å². The average molecular weight is 583 g/mol. The second-order valence-electron chi connectivity index (χ2n) is 12.8. The molecular formula is C29H46N2O10. The Morgan fingerprint density at radius 3 is 2.46 bits per heavy atom. The van der Waals surface area contributed by atoms with Crippen molar-refractivity contribution >= 4 is 23.8 Å². The lowest BCUT2D eigenvalue weighted by atomic mass is 9.58. The number of fused-ring (bicyclic) bond motifs is 2. The SMILES string of the molecule is CC(C)C[C@H](NC(=O)CCCNC(=O)CCC(=O)O[C@@H]1O[C@H]2O[C@@]3(C)CC[C@H]4[C@H](C)CC[C@@H]([C@H]1C)[C@@]24OO3)C(=O)O. The first kappa shape index (κ1) is 31.7. The number of carbonyl (C=O) groups excluding carboxylic acids is 3. The zero-order chi connectivity index (χ0) is 29.9. The van der Waals surface area contributed by atoms with Crippen LogP contribution in [0, 0.1) is 29.6 Å². The van der Waals surface area contributed by atoms with Crippen molar-refractivity contribution in [2.24, 2.45) is 29.6 Å². The number of aliphatic carboxylic acids is 1. The van der Waals surface area contributed by atoms with Gasteiger partial charge in [0.25, 0.3) is 0 Å². The Labute approximate surface area is 241 Å². The van der Waals surface area contributed by atoms with Gasteiger partial charge in [0.1, 0.15) is 6.04 Å². The number of carboxylic acid groups (broad SMARTS) is 1. The van der Waals surface area contributed by atoms with Crippen LogP contribution in [0.4, 0.5) is 0 Å². The van der Waals surface area contributed by atoms with Crippen LogP contribution in [0.2, 0.25) is 0 Å². The third-order valence-electron chi connectivity index (χ3n) is 9.14. The maximum absolute atomic E-state index is 12.7. The molecule has 3 N–H and O–H groups in total. The van der Waals surface area contributed by atoms with Crippen molar-refractivity contribution in [3.63, 3.8) is 0 Å². The van der Waals surface area contributed by atoms with E-state index in [1.165, 1.54) is 0 Å². The topological polar surface area (TPSA) is 159 Å². The van der Waals surface area contributed by atoms with Crippen LogP contribution in [0.3, 0.4) is 0 Å². The summed E-state index contributed by atoms with van der Waals surface area (Å²) in [6.45, 7) is 10.1. The monoisotopic (exact) mass is 582 g/mol. The van der Waals surface area contributed by atoms with E-state index in [9.17, 15) is 24.3 Å². The van der Waals surface area contributed by atoms with Gasteiger partial charge >= 0.3 is 11.9 Å². The van der Waals surface area contributed by atoms with Crippen LogP contribution < -0.4 is 10.6 Å². The Morgan fingerprint density at radius 2 is 1.76 bits per heavy atom. The summed E-state index contributed by atoms with van der Waals surface area (Å²) in [6.07, 6.45) is 2.56. The summed E-state index contributed by atoms with van der Waals surface area (Å²) in [7, 11) is 0. The zero-order valence-corrected chi connectivity index (χ0v) is 24.8. The lowest BCUT2D eigenvalue weighted by molar-refractivity contribution is -0.576. The highest BCUT2D eigenvalue weighted by molar-refractivity contribution is 5.83. The van der Waals surface area contributed by atoms with Gasteiger partial charge < -0.3 is 30.0 Å². The molecule has 1 saturated carbocycles. The molecule has 9 atom stereocenters. The van der Waals surface area contributed by atoms with Crippen LogP contribution in [-0.2, 0) is 43.2 Å². The predicted octanol–water partition coefficient (Wildman–Crippen LogP) is 3.03. The van der Waals surface area contributed by atoms with E-state index in [2.05, 4.69) is 17.6 Å². The van der Waals surface area contributed by atoms with Crippen molar-refractivity contribution in [3.8, 4) is 0 Å². The van der Waals surface area contributed by atoms with E-state index in [0.29, 0.717) is 25.2 Å². The Hall–Kier alpha value is -2.28. The smallest absolute Gasteiger partial charge is 0.326 e. The Bertz CT molecular complexity index is 991. The van der Waals surface area contributed by atoms with Crippen LogP contribution in [0.15, 0.2) is 0 Å². The summed E-state index contributed by atoms with van der Waals surface area (Å²) in [4.78, 5) is 60.3.